The number of aryl methyl sites for hydroxylation is 1. The lowest BCUT2D eigenvalue weighted by Gasteiger charge is -2.29. The van der Waals surface area contributed by atoms with Gasteiger partial charge >= 0.3 is 0 Å². The number of nitrogens with one attached hydrogen (secondary N) is 1. The van der Waals surface area contributed by atoms with Gasteiger partial charge in [0.1, 0.15) is 0 Å². The third-order valence-electron chi connectivity index (χ3n) is 3.99. The number of nitrogens with zero attached hydrogens (tertiary/aromatic N) is 4. The van der Waals surface area contributed by atoms with Gasteiger partial charge < -0.3 is 15.0 Å². The SMILES string of the molecule is CCNC(=NCC(C)CN1CCOCC1)N(C)Cc1csc(C)n1. The molecule has 0 spiro atoms. The summed E-state index contributed by atoms with van der Waals surface area (Å²) in [6.45, 7) is 13.8. The molecule has 1 aromatic heterocycles. The van der Waals surface area contributed by atoms with Gasteiger partial charge in [0.2, 0.25) is 0 Å². The monoisotopic (exact) mass is 353 g/mol. The third kappa shape index (κ3) is 6.37. The molecule has 0 saturated carbocycles. The molecule has 2 heterocycles. The summed E-state index contributed by atoms with van der Waals surface area (Å²) in [4.78, 5) is 14.0. The molecular weight excluding hydrogens is 322 g/mol. The van der Waals surface area contributed by atoms with Gasteiger partial charge in [0.15, 0.2) is 5.96 Å². The maximum absolute atomic E-state index is 5.41. The summed E-state index contributed by atoms with van der Waals surface area (Å²) in [5.41, 5.74) is 1.10. The molecule has 0 aliphatic carbocycles. The summed E-state index contributed by atoms with van der Waals surface area (Å²) in [7, 11) is 2.07. The van der Waals surface area contributed by atoms with Crippen LogP contribution in [0.15, 0.2) is 10.4 Å². The topological polar surface area (TPSA) is 53.0 Å². The van der Waals surface area contributed by atoms with Crippen molar-refractivity contribution in [2.75, 3.05) is 53.0 Å². The fourth-order valence-corrected chi connectivity index (χ4v) is 3.40. The van der Waals surface area contributed by atoms with Crippen molar-refractivity contribution in [3.63, 3.8) is 0 Å². The van der Waals surface area contributed by atoms with E-state index in [1.807, 2.05) is 6.92 Å². The normalized spacial score (nSPS) is 17.8. The Morgan fingerprint density at radius 1 is 1.50 bits per heavy atom. The lowest BCUT2D eigenvalue weighted by Crippen LogP contribution is -2.40. The van der Waals surface area contributed by atoms with Crippen LogP contribution in [0.5, 0.6) is 0 Å². The largest absolute Gasteiger partial charge is 0.379 e. The highest BCUT2D eigenvalue weighted by Crippen LogP contribution is 2.10. The van der Waals surface area contributed by atoms with E-state index in [1.54, 1.807) is 11.3 Å². The first-order chi connectivity index (χ1) is 11.6. The molecule has 0 aromatic carbocycles. The maximum atomic E-state index is 5.41. The summed E-state index contributed by atoms with van der Waals surface area (Å²) in [6.07, 6.45) is 0. The maximum Gasteiger partial charge on any atom is 0.194 e. The predicted octanol–water partition coefficient (Wildman–Crippen LogP) is 1.82. The summed E-state index contributed by atoms with van der Waals surface area (Å²) in [6, 6.07) is 0. The van der Waals surface area contributed by atoms with Crippen molar-refractivity contribution in [3.05, 3.63) is 16.1 Å². The Morgan fingerprint density at radius 3 is 2.88 bits per heavy atom. The number of morpholine rings is 1. The number of ether oxygens (including phenoxy) is 1. The number of rotatable bonds is 7. The molecule has 1 N–H and O–H groups in total. The lowest BCUT2D eigenvalue weighted by atomic mass is 10.1. The van der Waals surface area contributed by atoms with Crippen LogP contribution in [0.2, 0.25) is 0 Å². The highest BCUT2D eigenvalue weighted by molar-refractivity contribution is 7.09. The van der Waals surface area contributed by atoms with E-state index in [2.05, 4.69) is 46.4 Å². The Kier molecular flexibility index (Phi) is 7.94. The zero-order valence-electron chi connectivity index (χ0n) is 15.4. The van der Waals surface area contributed by atoms with Crippen molar-refractivity contribution in [1.29, 1.82) is 0 Å². The number of hydrogen-bond donors (Lipinski definition) is 1. The first kappa shape index (κ1) is 19.1. The Hall–Kier alpha value is -1.18. The Labute approximate surface area is 149 Å². The van der Waals surface area contributed by atoms with Gasteiger partial charge in [-0.05, 0) is 19.8 Å². The van der Waals surface area contributed by atoms with Crippen molar-refractivity contribution in [2.24, 2.45) is 10.9 Å². The summed E-state index contributed by atoms with van der Waals surface area (Å²) in [5, 5.41) is 6.62. The average Bonchev–Trinajstić information content (AvgIpc) is 2.97. The van der Waals surface area contributed by atoms with Crippen molar-refractivity contribution >= 4 is 17.3 Å². The molecular formula is C17H31N5OS. The predicted molar refractivity (Wildman–Crippen MR) is 101 cm³/mol. The van der Waals surface area contributed by atoms with Crippen molar-refractivity contribution in [3.8, 4) is 0 Å². The van der Waals surface area contributed by atoms with Crippen LogP contribution in [0.3, 0.4) is 0 Å². The fourth-order valence-electron chi connectivity index (χ4n) is 2.79. The van der Waals surface area contributed by atoms with Gasteiger partial charge in [-0.25, -0.2) is 4.98 Å². The molecule has 1 aromatic rings. The summed E-state index contributed by atoms with van der Waals surface area (Å²) >= 11 is 1.70. The average molecular weight is 354 g/mol. The second-order valence-corrected chi connectivity index (χ2v) is 7.49. The molecule has 1 atom stereocenters. The first-order valence-corrected chi connectivity index (χ1v) is 9.67. The van der Waals surface area contributed by atoms with E-state index >= 15 is 0 Å². The minimum atomic E-state index is 0.534. The number of aromatic nitrogens is 1. The van der Waals surface area contributed by atoms with Gasteiger partial charge in [0.25, 0.3) is 0 Å². The zero-order valence-corrected chi connectivity index (χ0v) is 16.2. The Balaban J connectivity index is 1.86. The zero-order chi connectivity index (χ0) is 17.4. The van der Waals surface area contributed by atoms with Gasteiger partial charge in [0.05, 0.1) is 30.5 Å². The summed E-state index contributed by atoms with van der Waals surface area (Å²) in [5.74, 6) is 1.49. The molecule has 1 aliphatic rings. The highest BCUT2D eigenvalue weighted by Gasteiger charge is 2.14. The molecule has 6 nitrogen and oxygen atoms in total. The molecule has 1 fully saturated rings. The number of hydrogen-bond acceptors (Lipinski definition) is 5. The third-order valence-corrected chi connectivity index (χ3v) is 4.81. The van der Waals surface area contributed by atoms with Gasteiger partial charge in [0, 0.05) is 45.2 Å². The minimum Gasteiger partial charge on any atom is -0.379 e. The van der Waals surface area contributed by atoms with Crippen LogP contribution >= 0.6 is 11.3 Å². The van der Waals surface area contributed by atoms with Gasteiger partial charge in [-0.1, -0.05) is 6.92 Å². The van der Waals surface area contributed by atoms with Crippen LogP contribution in [0.25, 0.3) is 0 Å². The van der Waals surface area contributed by atoms with Crippen LogP contribution in [0, 0.1) is 12.8 Å². The molecule has 1 aliphatic heterocycles. The van der Waals surface area contributed by atoms with E-state index in [-0.39, 0.29) is 0 Å². The minimum absolute atomic E-state index is 0.534. The van der Waals surface area contributed by atoms with E-state index in [4.69, 9.17) is 9.73 Å². The molecule has 1 unspecified atom stereocenters. The van der Waals surface area contributed by atoms with E-state index in [0.29, 0.717) is 5.92 Å². The van der Waals surface area contributed by atoms with Gasteiger partial charge in [-0.3, -0.25) is 9.89 Å². The molecule has 136 valence electrons. The van der Waals surface area contributed by atoms with Crippen LogP contribution in [0.1, 0.15) is 24.5 Å². The Morgan fingerprint density at radius 2 is 2.25 bits per heavy atom. The Bertz CT molecular complexity index is 513. The molecule has 0 amide bonds. The number of thiazole rings is 1. The molecule has 1 saturated heterocycles. The van der Waals surface area contributed by atoms with Gasteiger partial charge in [-0.2, -0.15) is 0 Å². The quantitative estimate of drug-likeness (QED) is 0.599. The standard InChI is InChI=1S/C17H31N5OS/c1-5-18-17(21(4)12-16-13-24-15(3)20-16)19-10-14(2)11-22-6-8-23-9-7-22/h13-14H,5-12H2,1-4H3,(H,18,19). The molecule has 0 bridgehead atoms. The van der Waals surface area contributed by atoms with E-state index < -0.39 is 0 Å². The molecule has 0 radical (unpaired) electrons. The first-order valence-electron chi connectivity index (χ1n) is 8.79. The van der Waals surface area contributed by atoms with E-state index in [1.165, 1.54) is 0 Å². The van der Waals surface area contributed by atoms with Crippen molar-refractivity contribution < 1.29 is 4.74 Å². The van der Waals surface area contributed by atoms with Crippen LogP contribution < -0.4 is 5.32 Å². The van der Waals surface area contributed by atoms with Crippen LogP contribution in [0.4, 0.5) is 0 Å². The smallest absolute Gasteiger partial charge is 0.194 e. The lowest BCUT2D eigenvalue weighted by molar-refractivity contribution is 0.0323. The summed E-state index contributed by atoms with van der Waals surface area (Å²) < 4.78 is 5.41. The molecule has 24 heavy (non-hydrogen) atoms. The van der Waals surface area contributed by atoms with Crippen LogP contribution in [-0.2, 0) is 11.3 Å². The molecule has 7 heteroatoms. The number of aliphatic imine (C=N–C) groups is 1. The number of guanidine groups is 1. The van der Waals surface area contributed by atoms with Gasteiger partial charge in [-0.15, -0.1) is 11.3 Å². The van der Waals surface area contributed by atoms with Crippen molar-refractivity contribution in [1.82, 2.24) is 20.1 Å². The second kappa shape index (κ2) is 9.96. The molecule has 2 rings (SSSR count). The fraction of sp³-hybridized carbons (Fsp3) is 0.765. The second-order valence-electron chi connectivity index (χ2n) is 6.43. The van der Waals surface area contributed by atoms with E-state index in [9.17, 15) is 0 Å². The highest BCUT2D eigenvalue weighted by atomic mass is 32.1. The van der Waals surface area contributed by atoms with E-state index in [0.717, 1.165) is 69.1 Å². The van der Waals surface area contributed by atoms with Crippen LogP contribution in [-0.4, -0.2) is 73.7 Å². The van der Waals surface area contributed by atoms with Crippen molar-refractivity contribution in [2.45, 2.75) is 27.3 Å².